The van der Waals surface area contributed by atoms with Crippen LogP contribution in [-0.2, 0) is 16.2 Å². The lowest BCUT2D eigenvalue weighted by molar-refractivity contribution is 0.195. The highest BCUT2D eigenvalue weighted by Crippen LogP contribution is 2.62. The molecule has 1 fully saturated rings. The predicted molar refractivity (Wildman–Crippen MR) is 311 cm³/mol. The van der Waals surface area contributed by atoms with Crippen molar-refractivity contribution in [3.05, 3.63) is 174 Å². The molecule has 8 aromatic carbocycles. The highest BCUT2D eigenvalue weighted by Gasteiger charge is 2.58. The molecule has 10 aromatic rings. The number of fused-ring (bicyclic) bond motifs is 13. The lowest BCUT2D eigenvalue weighted by atomic mass is 9.33. The number of anilines is 8. The van der Waals surface area contributed by atoms with Crippen LogP contribution in [0.15, 0.2) is 152 Å². The normalized spacial score (nSPS) is 19.4. The number of benzene rings is 8. The van der Waals surface area contributed by atoms with Gasteiger partial charge in [-0.1, -0.05) is 140 Å². The Morgan fingerprint density at radius 3 is 1.85 bits per heavy atom. The first kappa shape index (κ1) is 43.5. The Labute approximate surface area is 427 Å². The first-order valence-corrected chi connectivity index (χ1v) is 27.5. The molecule has 0 N–H and O–H groups in total. The van der Waals surface area contributed by atoms with Gasteiger partial charge < -0.3 is 14.7 Å². The summed E-state index contributed by atoms with van der Waals surface area (Å²) in [7, 11) is 0. The summed E-state index contributed by atoms with van der Waals surface area (Å²) < 4.78 is 5.30. The van der Waals surface area contributed by atoms with Crippen molar-refractivity contribution in [2.45, 2.75) is 110 Å². The van der Waals surface area contributed by atoms with Crippen LogP contribution in [0.3, 0.4) is 0 Å². The second kappa shape index (κ2) is 14.9. The zero-order valence-corrected chi connectivity index (χ0v) is 44.1. The Morgan fingerprint density at radius 2 is 1.08 bits per heavy atom. The lowest BCUT2D eigenvalue weighted by Gasteiger charge is -2.50. The van der Waals surface area contributed by atoms with Crippen molar-refractivity contribution in [1.29, 1.82) is 0 Å². The third-order valence-corrected chi connectivity index (χ3v) is 19.9. The van der Waals surface area contributed by atoms with Crippen molar-refractivity contribution in [2.24, 2.45) is 0 Å². The molecule has 2 atom stereocenters. The van der Waals surface area contributed by atoms with Crippen molar-refractivity contribution < 1.29 is 0 Å². The fraction of sp³-hybridized carbons (Fsp3) is 0.262. The van der Waals surface area contributed by atoms with E-state index in [4.69, 9.17) is 0 Å². The van der Waals surface area contributed by atoms with E-state index in [0.717, 1.165) is 6.42 Å². The predicted octanol–water partition coefficient (Wildman–Crippen LogP) is 17.2. The number of hydrogen-bond acceptors (Lipinski definition) is 5. The molecule has 0 saturated heterocycles. The average molecular weight is 958 g/mol. The van der Waals surface area contributed by atoms with Gasteiger partial charge in [-0.15, -0.1) is 22.7 Å². The van der Waals surface area contributed by atoms with E-state index in [1.165, 1.54) is 144 Å². The summed E-state index contributed by atoms with van der Waals surface area (Å²) in [6.07, 6.45) is 4.86. The molecule has 2 aromatic heterocycles. The van der Waals surface area contributed by atoms with Crippen LogP contribution in [0.4, 0.5) is 45.5 Å². The number of rotatable bonds is 3. The highest BCUT2D eigenvalue weighted by atomic mass is 32.1. The molecule has 2 unspecified atom stereocenters. The van der Waals surface area contributed by atoms with E-state index in [-0.39, 0.29) is 28.5 Å². The topological polar surface area (TPSA) is 9.72 Å². The van der Waals surface area contributed by atoms with E-state index >= 15 is 0 Å². The minimum atomic E-state index is -0.0822. The van der Waals surface area contributed by atoms with Gasteiger partial charge >= 0.3 is 0 Å². The van der Waals surface area contributed by atoms with Gasteiger partial charge in [0.2, 0.25) is 0 Å². The van der Waals surface area contributed by atoms with Gasteiger partial charge in [0, 0.05) is 80.9 Å². The van der Waals surface area contributed by atoms with E-state index in [9.17, 15) is 0 Å². The molecule has 0 bridgehead atoms. The largest absolute Gasteiger partial charge is 0.334 e. The summed E-state index contributed by atoms with van der Waals surface area (Å²) in [6.45, 7) is 21.6. The summed E-state index contributed by atoms with van der Waals surface area (Å²) in [5.41, 5.74) is 19.8. The van der Waals surface area contributed by atoms with Crippen LogP contribution in [0.25, 0.3) is 40.3 Å². The van der Waals surface area contributed by atoms with Crippen LogP contribution in [0.2, 0.25) is 0 Å². The van der Waals surface area contributed by atoms with E-state index in [0.29, 0.717) is 0 Å². The van der Waals surface area contributed by atoms with Crippen LogP contribution < -0.4 is 31.1 Å². The average Bonchev–Trinajstić information content (AvgIpc) is 3.98. The summed E-state index contributed by atoms with van der Waals surface area (Å²) >= 11 is 3.82. The second-order valence-electron chi connectivity index (χ2n) is 23.7. The molecule has 71 heavy (non-hydrogen) atoms. The SMILES string of the molecule is Cc1cc2c3c(c1)N(c1cccc4c1sc1ccccc14)c1cc(N4c5ccc(C(C)(C)C)cc5C5(C)CCCCC45C)ccc1B3c1ccc(C(C)(C)C)cc1N2c1ccc2sc3ccccc3c2c1. The monoisotopic (exact) mass is 957 g/mol. The van der Waals surface area contributed by atoms with Crippen molar-refractivity contribution in [3.8, 4) is 0 Å². The Balaban J connectivity index is 1.06. The molecule has 4 aliphatic rings. The van der Waals surface area contributed by atoms with E-state index in [2.05, 4.69) is 229 Å². The molecule has 3 aliphatic heterocycles. The third-order valence-electron chi connectivity index (χ3n) is 17.5. The lowest BCUT2D eigenvalue weighted by Crippen LogP contribution is -2.61. The van der Waals surface area contributed by atoms with Crippen LogP contribution in [0.1, 0.15) is 103 Å². The third kappa shape index (κ3) is 6.07. The Kier molecular flexibility index (Phi) is 9.10. The molecule has 5 heterocycles. The highest BCUT2D eigenvalue weighted by molar-refractivity contribution is 7.26. The van der Waals surface area contributed by atoms with Crippen LogP contribution >= 0.6 is 22.7 Å². The van der Waals surface area contributed by atoms with Gasteiger partial charge in [-0.2, -0.15) is 0 Å². The van der Waals surface area contributed by atoms with Gasteiger partial charge in [0.05, 0.1) is 15.9 Å². The van der Waals surface area contributed by atoms with E-state index in [1.807, 2.05) is 22.7 Å². The van der Waals surface area contributed by atoms with Crippen molar-refractivity contribution in [3.63, 3.8) is 0 Å². The van der Waals surface area contributed by atoms with Crippen LogP contribution in [0.5, 0.6) is 0 Å². The zero-order valence-electron chi connectivity index (χ0n) is 42.5. The Hall–Kier alpha value is -6.34. The number of aryl methyl sites for hydroxylation is 1. The maximum atomic E-state index is 2.79. The maximum Gasteiger partial charge on any atom is 0.252 e. The minimum Gasteiger partial charge on any atom is -0.334 e. The van der Waals surface area contributed by atoms with E-state index < -0.39 is 0 Å². The summed E-state index contributed by atoms with van der Waals surface area (Å²) in [5.74, 6) is 0. The molecule has 1 aliphatic carbocycles. The first-order chi connectivity index (χ1) is 34.1. The summed E-state index contributed by atoms with van der Waals surface area (Å²) in [5, 5.41) is 5.28. The molecule has 350 valence electrons. The Morgan fingerprint density at radius 1 is 0.479 bits per heavy atom. The molecule has 6 heteroatoms. The summed E-state index contributed by atoms with van der Waals surface area (Å²) in [6, 6.07) is 59.6. The molecule has 3 nitrogen and oxygen atoms in total. The second-order valence-corrected chi connectivity index (χ2v) is 25.9. The number of hydrogen-bond donors (Lipinski definition) is 0. The van der Waals surface area contributed by atoms with Crippen LogP contribution in [0, 0.1) is 6.92 Å². The molecule has 0 radical (unpaired) electrons. The van der Waals surface area contributed by atoms with Crippen LogP contribution in [-0.4, -0.2) is 12.3 Å². The minimum absolute atomic E-state index is 0.0178. The van der Waals surface area contributed by atoms with Gasteiger partial charge in [-0.25, -0.2) is 0 Å². The van der Waals surface area contributed by atoms with Gasteiger partial charge in [-0.05, 0) is 149 Å². The fourth-order valence-corrected chi connectivity index (χ4v) is 15.9. The molecule has 1 saturated carbocycles. The van der Waals surface area contributed by atoms with Crippen molar-refractivity contribution in [1.82, 2.24) is 0 Å². The Bertz CT molecular complexity index is 3900. The quantitative estimate of drug-likeness (QED) is 0.163. The fourth-order valence-electron chi connectivity index (χ4n) is 13.6. The number of thiophene rings is 2. The van der Waals surface area contributed by atoms with Crippen molar-refractivity contribution >= 4 is 132 Å². The molecule has 0 amide bonds. The van der Waals surface area contributed by atoms with Crippen molar-refractivity contribution in [2.75, 3.05) is 14.7 Å². The molecule has 14 rings (SSSR count). The molecular formula is C65H60BN3S2. The van der Waals surface area contributed by atoms with E-state index in [1.54, 1.807) is 0 Å². The number of nitrogens with zero attached hydrogens (tertiary/aromatic N) is 3. The maximum absolute atomic E-state index is 2.79. The van der Waals surface area contributed by atoms with Gasteiger partial charge in [-0.3, -0.25) is 0 Å². The molecular weight excluding hydrogens is 898 g/mol. The smallest absolute Gasteiger partial charge is 0.252 e. The standard InChI is InChI=1S/C65H60BN3S2/c1-39-33-55-60-56(34-39)68(52-20-16-19-46-44-17-10-13-22-58(44)71-61(46)52)54-38-43(69-51-29-24-40(62(2,3)4)35-48(51)64(8)31-14-15-32-65(64,69)9)25-28-50(54)66(60)49-27-23-41(63(5,6)7)36-53(49)67(55)42-26-30-59-47(37-42)45-18-11-12-21-57(45)70-59/h10-13,16-30,33-38H,14-15,31-32H2,1-9H3. The summed E-state index contributed by atoms with van der Waals surface area (Å²) in [4.78, 5) is 8.09. The van der Waals surface area contributed by atoms with Gasteiger partial charge in [0.25, 0.3) is 6.71 Å². The first-order valence-electron chi connectivity index (χ1n) is 25.9. The van der Waals surface area contributed by atoms with Gasteiger partial charge in [0.15, 0.2) is 0 Å². The zero-order chi connectivity index (χ0) is 48.5. The molecule has 0 spiro atoms. The van der Waals surface area contributed by atoms with Gasteiger partial charge in [0.1, 0.15) is 0 Å².